The zero-order valence-electron chi connectivity index (χ0n) is 17.4. The molecule has 31 heavy (non-hydrogen) atoms. The van der Waals surface area contributed by atoms with Gasteiger partial charge in [0.25, 0.3) is 5.91 Å². The van der Waals surface area contributed by atoms with Crippen molar-refractivity contribution < 1.29 is 9.53 Å². The number of aryl methyl sites for hydroxylation is 1. The number of rotatable bonds is 6. The first kappa shape index (κ1) is 20.1. The molecule has 0 unspecified atom stereocenters. The second-order valence-corrected chi connectivity index (χ2v) is 7.18. The highest BCUT2D eigenvalue weighted by Crippen LogP contribution is 2.26. The number of pyridine rings is 1. The molecule has 0 aliphatic carbocycles. The number of amides is 1. The Hall–Kier alpha value is -4.14. The molecule has 9 nitrogen and oxygen atoms in total. The van der Waals surface area contributed by atoms with E-state index in [0.29, 0.717) is 34.4 Å². The predicted octanol–water partition coefficient (Wildman–Crippen LogP) is 4.06. The molecule has 0 saturated heterocycles. The molecule has 1 N–H and O–H groups in total. The standard InChI is InChI=1S/C22H21N7O2/c1-14(2)29-13-25-28-21(29)18-5-4-6-20(26-18)27-22(30)16-8-7-15(3)19(11-16)31-17-9-10-23-24-12-17/h4-14H,1-3H3,(H,26,27,30). The number of aromatic nitrogens is 6. The summed E-state index contributed by atoms with van der Waals surface area (Å²) in [6.07, 6.45) is 4.72. The van der Waals surface area contributed by atoms with Gasteiger partial charge < -0.3 is 14.6 Å². The van der Waals surface area contributed by atoms with Crippen LogP contribution in [0.3, 0.4) is 0 Å². The van der Waals surface area contributed by atoms with E-state index < -0.39 is 0 Å². The van der Waals surface area contributed by atoms with Gasteiger partial charge in [-0.3, -0.25) is 4.79 Å². The van der Waals surface area contributed by atoms with E-state index in [1.807, 2.05) is 43.5 Å². The monoisotopic (exact) mass is 415 g/mol. The summed E-state index contributed by atoms with van der Waals surface area (Å²) < 4.78 is 7.76. The fraction of sp³-hybridized carbons (Fsp3) is 0.182. The summed E-state index contributed by atoms with van der Waals surface area (Å²) >= 11 is 0. The van der Waals surface area contributed by atoms with Crippen molar-refractivity contribution in [3.63, 3.8) is 0 Å². The molecule has 1 amide bonds. The van der Waals surface area contributed by atoms with Crippen molar-refractivity contribution in [1.29, 1.82) is 0 Å². The van der Waals surface area contributed by atoms with E-state index in [0.717, 1.165) is 5.56 Å². The molecule has 3 heterocycles. The molecule has 3 aromatic heterocycles. The minimum atomic E-state index is -0.298. The number of carbonyl (C=O) groups excluding carboxylic acids is 1. The maximum absolute atomic E-state index is 12.8. The number of nitrogens with zero attached hydrogens (tertiary/aromatic N) is 6. The number of benzene rings is 1. The zero-order valence-corrected chi connectivity index (χ0v) is 17.4. The third-order valence-electron chi connectivity index (χ3n) is 4.58. The molecule has 0 aliphatic rings. The van der Waals surface area contributed by atoms with Crippen LogP contribution in [0.2, 0.25) is 0 Å². The third kappa shape index (κ3) is 4.55. The maximum atomic E-state index is 12.8. The quantitative estimate of drug-likeness (QED) is 0.506. The van der Waals surface area contributed by atoms with Crippen LogP contribution in [-0.2, 0) is 0 Å². The van der Waals surface area contributed by atoms with Crippen LogP contribution in [0.5, 0.6) is 11.5 Å². The van der Waals surface area contributed by atoms with Crippen molar-refractivity contribution in [1.82, 2.24) is 29.9 Å². The van der Waals surface area contributed by atoms with Gasteiger partial charge in [0.15, 0.2) is 5.82 Å². The molecule has 0 atom stereocenters. The smallest absolute Gasteiger partial charge is 0.256 e. The van der Waals surface area contributed by atoms with E-state index in [9.17, 15) is 4.79 Å². The summed E-state index contributed by atoms with van der Waals surface area (Å²) in [7, 11) is 0. The molecule has 0 bridgehead atoms. The fourth-order valence-corrected chi connectivity index (χ4v) is 2.94. The summed E-state index contributed by atoms with van der Waals surface area (Å²) in [5.41, 5.74) is 1.96. The van der Waals surface area contributed by atoms with Gasteiger partial charge in [-0.15, -0.1) is 10.2 Å². The Balaban J connectivity index is 1.55. The summed E-state index contributed by atoms with van der Waals surface area (Å²) in [5.74, 6) is 1.87. The minimum absolute atomic E-state index is 0.187. The zero-order chi connectivity index (χ0) is 21.8. The first-order valence-corrected chi connectivity index (χ1v) is 9.75. The van der Waals surface area contributed by atoms with Crippen molar-refractivity contribution in [3.05, 3.63) is 72.3 Å². The number of hydrogen-bond acceptors (Lipinski definition) is 7. The first-order chi connectivity index (χ1) is 15.0. The molecule has 9 heteroatoms. The summed E-state index contributed by atoms with van der Waals surface area (Å²) in [6, 6.07) is 12.5. The number of hydrogen-bond donors (Lipinski definition) is 1. The Labute approximate surface area is 179 Å². The molecule has 0 fully saturated rings. The molecular formula is C22H21N7O2. The van der Waals surface area contributed by atoms with Gasteiger partial charge in [-0.05, 0) is 50.6 Å². The van der Waals surface area contributed by atoms with E-state index in [4.69, 9.17) is 4.74 Å². The normalized spacial score (nSPS) is 10.8. The average Bonchev–Trinajstić information content (AvgIpc) is 3.27. The number of anilines is 1. The van der Waals surface area contributed by atoms with E-state index in [2.05, 4.69) is 30.7 Å². The summed E-state index contributed by atoms with van der Waals surface area (Å²) in [4.78, 5) is 17.4. The third-order valence-corrected chi connectivity index (χ3v) is 4.58. The highest BCUT2D eigenvalue weighted by molar-refractivity contribution is 6.04. The summed E-state index contributed by atoms with van der Waals surface area (Å²) in [5, 5.41) is 18.5. The van der Waals surface area contributed by atoms with Gasteiger partial charge in [-0.1, -0.05) is 12.1 Å². The second kappa shape index (κ2) is 8.70. The van der Waals surface area contributed by atoms with Crippen LogP contribution in [-0.4, -0.2) is 35.9 Å². The molecule has 0 radical (unpaired) electrons. The summed E-state index contributed by atoms with van der Waals surface area (Å²) in [6.45, 7) is 5.98. The molecule has 0 saturated carbocycles. The Morgan fingerprint density at radius 2 is 1.97 bits per heavy atom. The van der Waals surface area contributed by atoms with Crippen molar-refractivity contribution >= 4 is 11.7 Å². The van der Waals surface area contributed by atoms with Crippen LogP contribution < -0.4 is 10.1 Å². The fourth-order valence-electron chi connectivity index (χ4n) is 2.94. The van der Waals surface area contributed by atoms with Gasteiger partial charge in [0.1, 0.15) is 29.3 Å². The van der Waals surface area contributed by atoms with Crippen molar-refractivity contribution in [2.24, 2.45) is 0 Å². The molecule has 1 aromatic carbocycles. The van der Waals surface area contributed by atoms with Crippen LogP contribution in [0.15, 0.2) is 61.2 Å². The molecule has 156 valence electrons. The van der Waals surface area contributed by atoms with E-state index in [-0.39, 0.29) is 11.9 Å². The van der Waals surface area contributed by atoms with E-state index >= 15 is 0 Å². The van der Waals surface area contributed by atoms with Gasteiger partial charge in [0.05, 0.1) is 12.4 Å². The van der Waals surface area contributed by atoms with Gasteiger partial charge in [0.2, 0.25) is 0 Å². The Morgan fingerprint density at radius 1 is 1.10 bits per heavy atom. The second-order valence-electron chi connectivity index (χ2n) is 7.18. The lowest BCUT2D eigenvalue weighted by Crippen LogP contribution is -2.13. The Bertz CT molecular complexity index is 1210. The van der Waals surface area contributed by atoms with Gasteiger partial charge in [-0.2, -0.15) is 10.2 Å². The van der Waals surface area contributed by atoms with Gasteiger partial charge >= 0.3 is 0 Å². The highest BCUT2D eigenvalue weighted by atomic mass is 16.5. The molecule has 0 spiro atoms. The van der Waals surface area contributed by atoms with Gasteiger partial charge in [-0.25, -0.2) is 4.98 Å². The predicted molar refractivity (Wildman–Crippen MR) is 115 cm³/mol. The minimum Gasteiger partial charge on any atom is -0.455 e. The lowest BCUT2D eigenvalue weighted by Gasteiger charge is -2.12. The van der Waals surface area contributed by atoms with Crippen molar-refractivity contribution in [3.8, 4) is 23.0 Å². The Morgan fingerprint density at radius 3 is 2.74 bits per heavy atom. The SMILES string of the molecule is Cc1ccc(C(=O)Nc2cccc(-c3nncn3C(C)C)n2)cc1Oc1ccnnc1. The number of ether oxygens (including phenoxy) is 1. The molecule has 4 aromatic rings. The van der Waals surface area contributed by atoms with Gasteiger partial charge in [0, 0.05) is 17.7 Å². The van der Waals surface area contributed by atoms with Crippen LogP contribution in [0.4, 0.5) is 5.82 Å². The molecule has 0 aliphatic heterocycles. The lowest BCUT2D eigenvalue weighted by molar-refractivity contribution is 0.102. The largest absolute Gasteiger partial charge is 0.455 e. The number of carbonyl (C=O) groups is 1. The average molecular weight is 415 g/mol. The maximum Gasteiger partial charge on any atom is 0.256 e. The molecule has 4 rings (SSSR count). The highest BCUT2D eigenvalue weighted by Gasteiger charge is 2.14. The topological polar surface area (TPSA) is 108 Å². The first-order valence-electron chi connectivity index (χ1n) is 9.75. The van der Waals surface area contributed by atoms with Crippen molar-refractivity contribution in [2.75, 3.05) is 5.32 Å². The van der Waals surface area contributed by atoms with E-state index in [1.165, 1.54) is 6.20 Å². The molecular weight excluding hydrogens is 394 g/mol. The van der Waals surface area contributed by atoms with Crippen molar-refractivity contribution in [2.45, 2.75) is 26.8 Å². The van der Waals surface area contributed by atoms with E-state index in [1.54, 1.807) is 36.8 Å². The van der Waals surface area contributed by atoms with Crippen LogP contribution >= 0.6 is 0 Å². The van der Waals surface area contributed by atoms with Crippen LogP contribution in [0, 0.1) is 6.92 Å². The lowest BCUT2D eigenvalue weighted by atomic mass is 10.1. The van der Waals surface area contributed by atoms with Crippen LogP contribution in [0.25, 0.3) is 11.5 Å². The van der Waals surface area contributed by atoms with Crippen LogP contribution in [0.1, 0.15) is 35.8 Å². The number of nitrogens with one attached hydrogen (secondary N) is 1. The Kier molecular flexibility index (Phi) is 5.65.